The highest BCUT2D eigenvalue weighted by Gasteiger charge is 2.47. The molecule has 1 aliphatic carbocycles. The lowest BCUT2D eigenvalue weighted by atomic mass is 10.0. The minimum Gasteiger partial charge on any atom is -0.338 e. The van der Waals surface area contributed by atoms with E-state index < -0.39 is 11.6 Å². The van der Waals surface area contributed by atoms with Crippen LogP contribution in [-0.2, 0) is 4.79 Å². The topological polar surface area (TPSA) is 60.9 Å². The van der Waals surface area contributed by atoms with E-state index in [9.17, 15) is 23.2 Å². The molecule has 2 aliphatic heterocycles. The van der Waals surface area contributed by atoms with Gasteiger partial charge in [0, 0.05) is 30.7 Å². The molecule has 1 aromatic rings. The molecule has 6 nitrogen and oxygen atoms in total. The molecular formula is C18H19F2N3O3. The number of amides is 4. The second-order valence-corrected chi connectivity index (χ2v) is 7.06. The summed E-state index contributed by atoms with van der Waals surface area (Å²) in [6, 6.07) is 2.88. The maximum absolute atomic E-state index is 13.3. The molecule has 4 amide bonds. The van der Waals surface area contributed by atoms with E-state index in [-0.39, 0.29) is 42.0 Å². The second kappa shape index (κ2) is 6.34. The molecule has 0 radical (unpaired) electrons. The molecule has 26 heavy (non-hydrogen) atoms. The minimum atomic E-state index is -1.05. The first-order chi connectivity index (χ1) is 12.5. The van der Waals surface area contributed by atoms with E-state index in [1.165, 1.54) is 11.0 Å². The lowest BCUT2D eigenvalue weighted by Crippen LogP contribution is -2.48. The third-order valence-electron chi connectivity index (χ3n) is 5.30. The second-order valence-electron chi connectivity index (χ2n) is 7.06. The quantitative estimate of drug-likeness (QED) is 0.772. The van der Waals surface area contributed by atoms with Crippen LogP contribution in [0.1, 0.15) is 36.0 Å². The fourth-order valence-corrected chi connectivity index (χ4v) is 3.70. The molecule has 1 saturated carbocycles. The van der Waals surface area contributed by atoms with Crippen LogP contribution in [0.3, 0.4) is 0 Å². The summed E-state index contributed by atoms with van der Waals surface area (Å²) in [6.45, 7) is 0.922. The first kappa shape index (κ1) is 16.9. The Morgan fingerprint density at radius 3 is 2.27 bits per heavy atom. The lowest BCUT2D eigenvalue weighted by molar-refractivity contribution is -0.125. The molecular weight excluding hydrogens is 344 g/mol. The summed E-state index contributed by atoms with van der Waals surface area (Å²) in [6.07, 6.45) is 2.89. The van der Waals surface area contributed by atoms with Crippen molar-refractivity contribution < 1.29 is 23.2 Å². The van der Waals surface area contributed by atoms with Crippen molar-refractivity contribution in [3.05, 3.63) is 35.4 Å². The minimum absolute atomic E-state index is 0.0649. The van der Waals surface area contributed by atoms with Crippen LogP contribution in [0.2, 0.25) is 0 Å². The summed E-state index contributed by atoms with van der Waals surface area (Å²) in [5.41, 5.74) is 0.106. The zero-order valence-electron chi connectivity index (χ0n) is 14.2. The van der Waals surface area contributed by atoms with Crippen LogP contribution >= 0.6 is 0 Å². The van der Waals surface area contributed by atoms with Gasteiger partial charge in [0.05, 0.1) is 0 Å². The van der Waals surface area contributed by atoms with Gasteiger partial charge in [0.2, 0.25) is 0 Å². The van der Waals surface area contributed by atoms with Crippen LogP contribution in [0.5, 0.6) is 0 Å². The van der Waals surface area contributed by atoms with Crippen molar-refractivity contribution in [2.24, 2.45) is 0 Å². The molecule has 0 unspecified atom stereocenters. The molecule has 4 rings (SSSR count). The molecule has 2 heterocycles. The first-order valence-corrected chi connectivity index (χ1v) is 8.82. The summed E-state index contributed by atoms with van der Waals surface area (Å²) in [4.78, 5) is 41.6. The molecule has 0 atom stereocenters. The number of halogens is 2. The smallest absolute Gasteiger partial charge is 0.327 e. The number of nitrogens with zero attached hydrogens (tertiary/aromatic N) is 3. The number of carbonyl (C=O) groups is 3. The van der Waals surface area contributed by atoms with E-state index in [2.05, 4.69) is 0 Å². The third kappa shape index (κ3) is 2.93. The Hall–Kier alpha value is -2.51. The highest BCUT2D eigenvalue weighted by molar-refractivity contribution is 6.02. The number of imide groups is 1. The number of benzene rings is 1. The summed E-state index contributed by atoms with van der Waals surface area (Å²) in [7, 11) is 0. The number of rotatable bonds is 3. The van der Waals surface area contributed by atoms with Crippen molar-refractivity contribution in [2.75, 3.05) is 19.6 Å². The van der Waals surface area contributed by atoms with Gasteiger partial charge in [-0.1, -0.05) is 0 Å². The van der Waals surface area contributed by atoms with Gasteiger partial charge in [-0.05, 0) is 43.9 Å². The number of hydrogen-bond donors (Lipinski definition) is 0. The number of carbonyl (C=O) groups excluding carboxylic acids is 3. The Balaban J connectivity index is 1.38. The molecule has 0 N–H and O–H groups in total. The molecule has 8 heteroatoms. The highest BCUT2D eigenvalue weighted by atomic mass is 19.2. The van der Waals surface area contributed by atoms with Crippen LogP contribution in [0.25, 0.3) is 0 Å². The standard InChI is InChI=1S/C18H19F2N3O3/c19-14-4-1-11(9-15(14)20)17(25)21-7-5-12(6-8-21)22-10-16(24)23(18(22)26)13-2-3-13/h1,4,9,12-13H,2-3,5-8,10H2. The Morgan fingerprint density at radius 1 is 0.962 bits per heavy atom. The van der Waals surface area contributed by atoms with Crippen molar-refractivity contribution in [3.63, 3.8) is 0 Å². The molecule has 0 bridgehead atoms. The van der Waals surface area contributed by atoms with Gasteiger partial charge in [-0.15, -0.1) is 0 Å². The van der Waals surface area contributed by atoms with Crippen LogP contribution in [0.4, 0.5) is 13.6 Å². The highest BCUT2D eigenvalue weighted by Crippen LogP contribution is 2.32. The first-order valence-electron chi connectivity index (χ1n) is 8.82. The molecule has 138 valence electrons. The third-order valence-corrected chi connectivity index (χ3v) is 5.30. The van der Waals surface area contributed by atoms with Gasteiger partial charge in [0.15, 0.2) is 11.6 Å². The average molecular weight is 363 g/mol. The maximum Gasteiger partial charge on any atom is 0.327 e. The van der Waals surface area contributed by atoms with Gasteiger partial charge in [0.25, 0.3) is 11.8 Å². The van der Waals surface area contributed by atoms with Crippen molar-refractivity contribution in [3.8, 4) is 0 Å². The Kier molecular flexibility index (Phi) is 4.13. The van der Waals surface area contributed by atoms with Gasteiger partial charge >= 0.3 is 6.03 Å². The van der Waals surface area contributed by atoms with Crippen LogP contribution in [0, 0.1) is 11.6 Å². The SMILES string of the molecule is O=C(c1ccc(F)c(F)c1)N1CCC(N2CC(=O)N(C3CC3)C2=O)CC1. The van der Waals surface area contributed by atoms with Gasteiger partial charge in [-0.2, -0.15) is 0 Å². The van der Waals surface area contributed by atoms with Crippen molar-refractivity contribution >= 4 is 17.8 Å². The summed E-state index contributed by atoms with van der Waals surface area (Å²) in [5, 5.41) is 0. The van der Waals surface area contributed by atoms with Crippen LogP contribution in [0.15, 0.2) is 18.2 Å². The maximum atomic E-state index is 13.3. The monoisotopic (exact) mass is 363 g/mol. The predicted molar refractivity (Wildman–Crippen MR) is 87.3 cm³/mol. The lowest BCUT2D eigenvalue weighted by Gasteiger charge is -2.36. The zero-order valence-corrected chi connectivity index (χ0v) is 14.2. The number of hydrogen-bond acceptors (Lipinski definition) is 3. The molecule has 0 aromatic heterocycles. The van der Waals surface area contributed by atoms with Crippen molar-refractivity contribution in [2.45, 2.75) is 37.8 Å². The van der Waals surface area contributed by atoms with Gasteiger partial charge in [-0.3, -0.25) is 14.5 Å². The summed E-state index contributed by atoms with van der Waals surface area (Å²) >= 11 is 0. The molecule has 3 fully saturated rings. The Labute approximate surface area is 149 Å². The van der Waals surface area contributed by atoms with Gasteiger partial charge in [0.1, 0.15) is 6.54 Å². The van der Waals surface area contributed by atoms with E-state index in [1.54, 1.807) is 9.80 Å². The largest absolute Gasteiger partial charge is 0.338 e. The number of piperidine rings is 1. The Morgan fingerprint density at radius 2 is 1.65 bits per heavy atom. The van der Waals surface area contributed by atoms with E-state index in [4.69, 9.17) is 0 Å². The van der Waals surface area contributed by atoms with E-state index in [0.717, 1.165) is 25.0 Å². The van der Waals surface area contributed by atoms with Crippen LogP contribution < -0.4 is 0 Å². The molecule has 0 spiro atoms. The fraction of sp³-hybridized carbons (Fsp3) is 0.500. The predicted octanol–water partition coefficient (Wildman–Crippen LogP) is 2.00. The molecule has 3 aliphatic rings. The van der Waals surface area contributed by atoms with Gasteiger partial charge in [-0.25, -0.2) is 13.6 Å². The molecule has 1 aromatic carbocycles. The van der Waals surface area contributed by atoms with Crippen molar-refractivity contribution in [1.82, 2.24) is 14.7 Å². The van der Waals surface area contributed by atoms with E-state index >= 15 is 0 Å². The number of urea groups is 1. The van der Waals surface area contributed by atoms with Crippen LogP contribution in [-0.4, -0.2) is 64.3 Å². The molecule has 2 saturated heterocycles. The van der Waals surface area contributed by atoms with Crippen molar-refractivity contribution in [1.29, 1.82) is 0 Å². The fourth-order valence-electron chi connectivity index (χ4n) is 3.70. The zero-order chi connectivity index (χ0) is 18.4. The normalized spacial score (nSPS) is 21.7. The van der Waals surface area contributed by atoms with E-state index in [1.807, 2.05) is 0 Å². The average Bonchev–Trinajstić information content (AvgIpc) is 3.42. The Bertz CT molecular complexity index is 773. The summed E-state index contributed by atoms with van der Waals surface area (Å²) in [5.74, 6) is -2.53. The summed E-state index contributed by atoms with van der Waals surface area (Å²) < 4.78 is 26.4. The van der Waals surface area contributed by atoms with Gasteiger partial charge < -0.3 is 9.80 Å². The van der Waals surface area contributed by atoms with E-state index in [0.29, 0.717) is 25.9 Å². The number of likely N-dealkylation sites (tertiary alicyclic amines) is 1.